The van der Waals surface area contributed by atoms with Gasteiger partial charge in [0.2, 0.25) is 0 Å². The maximum atomic E-state index is 11.9. The van der Waals surface area contributed by atoms with Crippen molar-refractivity contribution < 1.29 is 9.53 Å². The van der Waals surface area contributed by atoms with E-state index in [4.69, 9.17) is 10.5 Å². The molecule has 0 radical (unpaired) electrons. The van der Waals surface area contributed by atoms with Crippen molar-refractivity contribution in [2.24, 2.45) is 5.73 Å². The second-order valence-electron chi connectivity index (χ2n) is 6.19. The number of fused-ring (bicyclic) bond motifs is 1. The van der Waals surface area contributed by atoms with Gasteiger partial charge in [-0.1, -0.05) is 18.2 Å². The fourth-order valence-electron chi connectivity index (χ4n) is 2.92. The number of pyridine rings is 1. The van der Waals surface area contributed by atoms with Crippen LogP contribution in [-0.2, 0) is 6.54 Å². The van der Waals surface area contributed by atoms with Crippen molar-refractivity contribution in [3.05, 3.63) is 71.9 Å². The van der Waals surface area contributed by atoms with Crippen LogP contribution in [0, 0.1) is 0 Å². The van der Waals surface area contributed by atoms with Gasteiger partial charge in [0.1, 0.15) is 22.8 Å². The number of hydrogen-bond acceptors (Lipinski definition) is 5. The Bertz CT molecular complexity index is 1120. The van der Waals surface area contributed by atoms with Crippen molar-refractivity contribution in [3.63, 3.8) is 0 Å². The molecule has 0 fully saturated rings. The molecule has 2 aromatic heterocycles. The van der Waals surface area contributed by atoms with E-state index in [1.807, 2.05) is 30.3 Å². The van der Waals surface area contributed by atoms with E-state index in [1.54, 1.807) is 37.5 Å². The number of carbonyl (C=O) groups excluding carboxylic acids is 1. The molecule has 0 spiro atoms. The summed E-state index contributed by atoms with van der Waals surface area (Å²) < 4.78 is 6.05. The van der Waals surface area contributed by atoms with Crippen molar-refractivity contribution in [1.82, 2.24) is 20.3 Å². The Morgan fingerprint density at radius 2 is 2.07 bits per heavy atom. The fourth-order valence-corrected chi connectivity index (χ4v) is 2.92. The van der Waals surface area contributed by atoms with E-state index in [-0.39, 0.29) is 5.91 Å². The van der Waals surface area contributed by atoms with Crippen molar-refractivity contribution in [1.29, 1.82) is 0 Å². The first-order valence-electron chi connectivity index (χ1n) is 8.82. The van der Waals surface area contributed by atoms with Gasteiger partial charge in [-0.05, 0) is 36.4 Å². The lowest BCUT2D eigenvalue weighted by molar-refractivity contribution is 0.0963. The standard InChI is InChI=1S/C21H19N5O2/c1-23-21(27)14-4-2-5-16(10-14)28-18-11-13(7-8-15(18)12-22)19-25-17-6-3-9-24-20(17)26-19/h2-11H,12,22H2,1H3,(H,23,27)(H,24,25,26). The molecule has 0 saturated heterocycles. The summed E-state index contributed by atoms with van der Waals surface area (Å²) in [4.78, 5) is 23.9. The minimum absolute atomic E-state index is 0.173. The number of hydrogen-bond donors (Lipinski definition) is 3. The zero-order chi connectivity index (χ0) is 19.5. The first kappa shape index (κ1) is 17.7. The summed E-state index contributed by atoms with van der Waals surface area (Å²) in [5.41, 5.74) is 9.62. The summed E-state index contributed by atoms with van der Waals surface area (Å²) in [7, 11) is 1.59. The van der Waals surface area contributed by atoms with Crippen molar-refractivity contribution in [3.8, 4) is 22.9 Å². The maximum Gasteiger partial charge on any atom is 0.251 e. The molecule has 0 bridgehead atoms. The molecule has 0 aliphatic carbocycles. The van der Waals surface area contributed by atoms with E-state index in [2.05, 4.69) is 20.3 Å². The Morgan fingerprint density at radius 3 is 2.86 bits per heavy atom. The van der Waals surface area contributed by atoms with Gasteiger partial charge >= 0.3 is 0 Å². The van der Waals surface area contributed by atoms with Crippen molar-refractivity contribution in [2.75, 3.05) is 7.05 Å². The summed E-state index contributed by atoms with van der Waals surface area (Å²) in [6, 6.07) is 16.5. The normalized spacial score (nSPS) is 10.8. The van der Waals surface area contributed by atoms with Crippen LogP contribution in [0.4, 0.5) is 0 Å². The number of ether oxygens (including phenoxy) is 1. The molecule has 2 heterocycles. The molecule has 28 heavy (non-hydrogen) atoms. The number of H-pyrrole nitrogens is 1. The van der Waals surface area contributed by atoms with E-state index in [0.29, 0.717) is 29.4 Å². The number of nitrogens with two attached hydrogens (primary N) is 1. The number of rotatable bonds is 5. The van der Waals surface area contributed by atoms with Gasteiger partial charge < -0.3 is 20.8 Å². The number of imidazole rings is 1. The topological polar surface area (TPSA) is 106 Å². The van der Waals surface area contributed by atoms with E-state index in [1.165, 1.54) is 0 Å². The van der Waals surface area contributed by atoms with E-state index >= 15 is 0 Å². The van der Waals surface area contributed by atoms with Gasteiger partial charge in [0.15, 0.2) is 5.65 Å². The molecular formula is C21H19N5O2. The lowest BCUT2D eigenvalue weighted by atomic mass is 10.1. The van der Waals surface area contributed by atoms with Crippen LogP contribution in [0.5, 0.6) is 11.5 Å². The molecule has 0 aliphatic rings. The highest BCUT2D eigenvalue weighted by molar-refractivity contribution is 5.94. The van der Waals surface area contributed by atoms with Crippen molar-refractivity contribution >= 4 is 17.1 Å². The van der Waals surface area contributed by atoms with Crippen LogP contribution < -0.4 is 15.8 Å². The molecule has 2 aromatic carbocycles. The molecule has 4 N–H and O–H groups in total. The molecule has 140 valence electrons. The van der Waals surface area contributed by atoms with Crippen LogP contribution in [0.2, 0.25) is 0 Å². The van der Waals surface area contributed by atoms with Gasteiger partial charge in [0.05, 0.1) is 0 Å². The average molecular weight is 373 g/mol. The predicted octanol–water partition coefficient (Wildman–Crippen LogP) is 3.24. The number of benzene rings is 2. The monoisotopic (exact) mass is 373 g/mol. The minimum atomic E-state index is -0.173. The summed E-state index contributed by atoms with van der Waals surface area (Å²) in [5.74, 6) is 1.69. The maximum absolute atomic E-state index is 11.9. The smallest absolute Gasteiger partial charge is 0.251 e. The van der Waals surface area contributed by atoms with Crippen LogP contribution in [-0.4, -0.2) is 27.9 Å². The number of nitrogens with zero attached hydrogens (tertiary/aromatic N) is 2. The van der Waals surface area contributed by atoms with Crippen LogP contribution in [0.15, 0.2) is 60.8 Å². The molecule has 0 atom stereocenters. The highest BCUT2D eigenvalue weighted by Crippen LogP contribution is 2.30. The Labute approximate surface area is 161 Å². The number of amides is 1. The molecule has 0 unspecified atom stereocenters. The fraction of sp³-hybridized carbons (Fsp3) is 0.0952. The largest absolute Gasteiger partial charge is 0.457 e. The van der Waals surface area contributed by atoms with E-state index in [0.717, 1.165) is 22.3 Å². The van der Waals surface area contributed by atoms with Gasteiger partial charge in [0.25, 0.3) is 5.91 Å². The summed E-state index contributed by atoms with van der Waals surface area (Å²) in [6.45, 7) is 0.326. The third-order valence-corrected chi connectivity index (χ3v) is 4.37. The first-order valence-corrected chi connectivity index (χ1v) is 8.82. The molecule has 0 aliphatic heterocycles. The Morgan fingerprint density at radius 1 is 1.18 bits per heavy atom. The number of aromatic nitrogens is 3. The highest BCUT2D eigenvalue weighted by atomic mass is 16.5. The minimum Gasteiger partial charge on any atom is -0.457 e. The summed E-state index contributed by atoms with van der Waals surface area (Å²) in [6.07, 6.45) is 1.72. The predicted molar refractivity (Wildman–Crippen MR) is 107 cm³/mol. The van der Waals surface area contributed by atoms with Crippen LogP contribution in [0.1, 0.15) is 15.9 Å². The first-order chi connectivity index (χ1) is 13.7. The van der Waals surface area contributed by atoms with Gasteiger partial charge in [-0.25, -0.2) is 9.97 Å². The Kier molecular flexibility index (Phi) is 4.74. The van der Waals surface area contributed by atoms with Gasteiger partial charge in [-0.2, -0.15) is 0 Å². The second kappa shape index (κ2) is 7.50. The molecule has 4 aromatic rings. The molecule has 7 nitrogen and oxygen atoms in total. The number of aromatic amines is 1. The van der Waals surface area contributed by atoms with Gasteiger partial charge in [-0.15, -0.1) is 0 Å². The third-order valence-electron chi connectivity index (χ3n) is 4.37. The quantitative estimate of drug-likeness (QED) is 0.498. The molecule has 7 heteroatoms. The van der Waals surface area contributed by atoms with Crippen LogP contribution in [0.25, 0.3) is 22.6 Å². The van der Waals surface area contributed by atoms with E-state index in [9.17, 15) is 4.79 Å². The number of carbonyl (C=O) groups is 1. The molecular weight excluding hydrogens is 354 g/mol. The SMILES string of the molecule is CNC(=O)c1cccc(Oc2cc(-c3nc4cccnc4[nH]3)ccc2CN)c1. The summed E-state index contributed by atoms with van der Waals surface area (Å²) >= 11 is 0. The lowest BCUT2D eigenvalue weighted by Gasteiger charge is -2.12. The Balaban J connectivity index is 1.70. The van der Waals surface area contributed by atoms with Crippen LogP contribution >= 0.6 is 0 Å². The average Bonchev–Trinajstić information content (AvgIpc) is 3.17. The zero-order valence-electron chi connectivity index (χ0n) is 15.3. The van der Waals surface area contributed by atoms with Gasteiger partial charge in [-0.3, -0.25) is 4.79 Å². The van der Waals surface area contributed by atoms with E-state index < -0.39 is 0 Å². The number of nitrogens with one attached hydrogen (secondary N) is 2. The molecule has 4 rings (SSSR count). The summed E-state index contributed by atoms with van der Waals surface area (Å²) in [5, 5.41) is 2.61. The highest BCUT2D eigenvalue weighted by Gasteiger charge is 2.12. The Hall–Kier alpha value is -3.71. The zero-order valence-corrected chi connectivity index (χ0v) is 15.3. The lowest BCUT2D eigenvalue weighted by Crippen LogP contribution is -2.17. The van der Waals surface area contributed by atoms with Gasteiger partial charge in [0, 0.05) is 36.5 Å². The van der Waals surface area contributed by atoms with Crippen LogP contribution in [0.3, 0.4) is 0 Å². The van der Waals surface area contributed by atoms with Crippen molar-refractivity contribution in [2.45, 2.75) is 6.54 Å². The molecule has 1 amide bonds. The second-order valence-corrected chi connectivity index (χ2v) is 6.19. The molecule has 0 saturated carbocycles. The third kappa shape index (κ3) is 3.43.